The lowest BCUT2D eigenvalue weighted by atomic mass is 9.99. The van der Waals surface area contributed by atoms with Crippen molar-refractivity contribution in [3.63, 3.8) is 0 Å². The monoisotopic (exact) mass is 231 g/mol. The molecule has 16 heavy (non-hydrogen) atoms. The lowest BCUT2D eigenvalue weighted by Gasteiger charge is -2.14. The van der Waals surface area contributed by atoms with E-state index in [9.17, 15) is 13.2 Å². The standard InChI is InChI=1S/C12H16F3N/c1-2-10(16)8-7-9-5-3-4-6-11(9)12(13,14)15/h3-6,10H,2,7-8,16H2,1H3. The molecule has 0 spiro atoms. The summed E-state index contributed by atoms with van der Waals surface area (Å²) in [6.45, 7) is 1.93. The number of hydrogen-bond acceptors (Lipinski definition) is 1. The summed E-state index contributed by atoms with van der Waals surface area (Å²) in [6, 6.07) is 5.65. The quantitative estimate of drug-likeness (QED) is 0.844. The summed E-state index contributed by atoms with van der Waals surface area (Å²) >= 11 is 0. The van der Waals surface area contributed by atoms with Crippen molar-refractivity contribution in [3.8, 4) is 0 Å². The smallest absolute Gasteiger partial charge is 0.328 e. The van der Waals surface area contributed by atoms with Crippen LogP contribution in [-0.4, -0.2) is 6.04 Å². The van der Waals surface area contributed by atoms with Crippen molar-refractivity contribution < 1.29 is 13.2 Å². The van der Waals surface area contributed by atoms with Gasteiger partial charge in [-0.05, 0) is 30.9 Å². The SMILES string of the molecule is CCC(N)CCc1ccccc1C(F)(F)F. The summed E-state index contributed by atoms with van der Waals surface area (Å²) in [4.78, 5) is 0. The van der Waals surface area contributed by atoms with E-state index in [0.717, 1.165) is 12.5 Å². The zero-order valence-corrected chi connectivity index (χ0v) is 9.22. The van der Waals surface area contributed by atoms with E-state index >= 15 is 0 Å². The first-order chi connectivity index (χ1) is 7.45. The van der Waals surface area contributed by atoms with E-state index in [1.807, 2.05) is 6.92 Å². The van der Waals surface area contributed by atoms with Crippen LogP contribution in [-0.2, 0) is 12.6 Å². The van der Waals surface area contributed by atoms with Gasteiger partial charge in [0.1, 0.15) is 0 Å². The second-order valence-corrected chi connectivity index (χ2v) is 3.86. The molecule has 0 heterocycles. The molecule has 0 aliphatic carbocycles. The van der Waals surface area contributed by atoms with Crippen LogP contribution in [0.15, 0.2) is 24.3 Å². The molecule has 1 aromatic carbocycles. The number of nitrogens with two attached hydrogens (primary N) is 1. The fraction of sp³-hybridized carbons (Fsp3) is 0.500. The average molecular weight is 231 g/mol. The maximum Gasteiger partial charge on any atom is 0.416 e. The molecular formula is C12H16F3N. The van der Waals surface area contributed by atoms with Crippen molar-refractivity contribution in [2.24, 2.45) is 5.73 Å². The summed E-state index contributed by atoms with van der Waals surface area (Å²) in [7, 11) is 0. The van der Waals surface area contributed by atoms with Gasteiger partial charge >= 0.3 is 6.18 Å². The Morgan fingerprint density at radius 3 is 2.44 bits per heavy atom. The third kappa shape index (κ3) is 3.52. The van der Waals surface area contributed by atoms with Gasteiger partial charge in [0.25, 0.3) is 0 Å². The minimum Gasteiger partial charge on any atom is -0.328 e. The van der Waals surface area contributed by atoms with Gasteiger partial charge in [-0.25, -0.2) is 0 Å². The van der Waals surface area contributed by atoms with Gasteiger partial charge < -0.3 is 5.73 Å². The molecule has 0 amide bonds. The highest BCUT2D eigenvalue weighted by Crippen LogP contribution is 2.32. The van der Waals surface area contributed by atoms with Crippen LogP contribution in [0.25, 0.3) is 0 Å². The van der Waals surface area contributed by atoms with Crippen LogP contribution in [0.5, 0.6) is 0 Å². The fourth-order valence-electron chi connectivity index (χ4n) is 1.56. The Hall–Kier alpha value is -1.03. The maximum atomic E-state index is 12.6. The van der Waals surface area contributed by atoms with Gasteiger partial charge in [0.2, 0.25) is 0 Å². The molecule has 0 aliphatic heterocycles. The second-order valence-electron chi connectivity index (χ2n) is 3.86. The number of rotatable bonds is 4. The van der Waals surface area contributed by atoms with Crippen LogP contribution in [0, 0.1) is 0 Å². The molecule has 0 radical (unpaired) electrons. The van der Waals surface area contributed by atoms with Crippen molar-refractivity contribution in [3.05, 3.63) is 35.4 Å². The molecular weight excluding hydrogens is 215 g/mol. The van der Waals surface area contributed by atoms with E-state index in [-0.39, 0.29) is 6.04 Å². The Balaban J connectivity index is 2.80. The molecule has 1 aromatic rings. The third-order valence-corrected chi connectivity index (χ3v) is 2.63. The van der Waals surface area contributed by atoms with Gasteiger partial charge in [-0.3, -0.25) is 0 Å². The summed E-state index contributed by atoms with van der Waals surface area (Å²) in [5.74, 6) is 0. The largest absolute Gasteiger partial charge is 0.416 e. The number of aryl methyl sites for hydroxylation is 1. The van der Waals surface area contributed by atoms with Gasteiger partial charge in [0, 0.05) is 6.04 Å². The normalized spacial score (nSPS) is 13.8. The molecule has 1 nitrogen and oxygen atoms in total. The van der Waals surface area contributed by atoms with Gasteiger partial charge in [0.15, 0.2) is 0 Å². The summed E-state index contributed by atoms with van der Waals surface area (Å²) < 4.78 is 37.9. The van der Waals surface area contributed by atoms with Crippen molar-refractivity contribution in [1.29, 1.82) is 0 Å². The predicted molar refractivity (Wildman–Crippen MR) is 58.0 cm³/mol. The Morgan fingerprint density at radius 1 is 1.25 bits per heavy atom. The first-order valence-corrected chi connectivity index (χ1v) is 5.35. The van der Waals surface area contributed by atoms with Crippen LogP contribution in [0.3, 0.4) is 0 Å². The molecule has 4 heteroatoms. The van der Waals surface area contributed by atoms with Gasteiger partial charge in [-0.2, -0.15) is 13.2 Å². The molecule has 0 fully saturated rings. The van der Waals surface area contributed by atoms with E-state index in [4.69, 9.17) is 5.73 Å². The van der Waals surface area contributed by atoms with E-state index < -0.39 is 11.7 Å². The molecule has 0 aliphatic rings. The summed E-state index contributed by atoms with van der Waals surface area (Å²) in [5.41, 5.74) is 5.49. The van der Waals surface area contributed by atoms with Crippen LogP contribution in [0.4, 0.5) is 13.2 Å². The maximum absolute atomic E-state index is 12.6. The molecule has 1 rings (SSSR count). The molecule has 0 bridgehead atoms. The minimum atomic E-state index is -4.27. The van der Waals surface area contributed by atoms with E-state index in [0.29, 0.717) is 18.4 Å². The molecule has 0 aromatic heterocycles. The molecule has 0 saturated carbocycles. The molecule has 0 saturated heterocycles. The van der Waals surface area contributed by atoms with Crippen LogP contribution in [0.1, 0.15) is 30.9 Å². The lowest BCUT2D eigenvalue weighted by molar-refractivity contribution is -0.138. The first kappa shape index (κ1) is 13.0. The Morgan fingerprint density at radius 2 is 1.88 bits per heavy atom. The molecule has 90 valence electrons. The number of halogens is 3. The van der Waals surface area contributed by atoms with Crippen molar-refractivity contribution in [2.75, 3.05) is 0 Å². The minimum absolute atomic E-state index is 0.0266. The van der Waals surface area contributed by atoms with Crippen molar-refractivity contribution >= 4 is 0 Å². The number of benzene rings is 1. The van der Waals surface area contributed by atoms with Gasteiger partial charge in [0.05, 0.1) is 5.56 Å². The van der Waals surface area contributed by atoms with E-state index in [1.54, 1.807) is 6.07 Å². The van der Waals surface area contributed by atoms with Crippen LogP contribution in [0.2, 0.25) is 0 Å². The average Bonchev–Trinajstić information content (AvgIpc) is 2.25. The van der Waals surface area contributed by atoms with E-state index in [1.165, 1.54) is 12.1 Å². The highest BCUT2D eigenvalue weighted by atomic mass is 19.4. The third-order valence-electron chi connectivity index (χ3n) is 2.63. The zero-order valence-electron chi connectivity index (χ0n) is 9.22. The lowest BCUT2D eigenvalue weighted by Crippen LogP contribution is -2.20. The van der Waals surface area contributed by atoms with Crippen molar-refractivity contribution in [1.82, 2.24) is 0 Å². The highest BCUT2D eigenvalue weighted by molar-refractivity contribution is 5.29. The van der Waals surface area contributed by atoms with Gasteiger partial charge in [-0.1, -0.05) is 25.1 Å². The van der Waals surface area contributed by atoms with Crippen LogP contribution < -0.4 is 5.73 Å². The topological polar surface area (TPSA) is 26.0 Å². The molecule has 1 unspecified atom stereocenters. The number of hydrogen-bond donors (Lipinski definition) is 1. The van der Waals surface area contributed by atoms with Crippen molar-refractivity contribution in [2.45, 2.75) is 38.4 Å². The zero-order chi connectivity index (χ0) is 12.2. The molecule has 1 atom stereocenters. The number of alkyl halides is 3. The second kappa shape index (κ2) is 5.34. The first-order valence-electron chi connectivity index (χ1n) is 5.35. The Labute approximate surface area is 93.5 Å². The Bertz CT molecular complexity index is 333. The van der Waals surface area contributed by atoms with Crippen LogP contribution >= 0.6 is 0 Å². The summed E-state index contributed by atoms with van der Waals surface area (Å²) in [5, 5.41) is 0. The fourth-order valence-corrected chi connectivity index (χ4v) is 1.56. The van der Waals surface area contributed by atoms with Gasteiger partial charge in [-0.15, -0.1) is 0 Å². The summed E-state index contributed by atoms with van der Waals surface area (Å²) in [6.07, 6.45) is -2.52. The predicted octanol–water partition coefficient (Wildman–Crippen LogP) is 3.38. The molecule has 2 N–H and O–H groups in total. The Kier molecular flexibility index (Phi) is 4.35. The highest BCUT2D eigenvalue weighted by Gasteiger charge is 2.32. The van der Waals surface area contributed by atoms with E-state index in [2.05, 4.69) is 0 Å².